The van der Waals surface area contributed by atoms with Crippen LogP contribution in [0.2, 0.25) is 0 Å². The molecule has 0 aromatic heterocycles. The number of rotatable bonds is 5. The summed E-state index contributed by atoms with van der Waals surface area (Å²) in [4.78, 5) is 7.99. The highest BCUT2D eigenvalue weighted by Gasteiger charge is 2.25. The summed E-state index contributed by atoms with van der Waals surface area (Å²) in [5.74, 6) is 1.62. The normalized spacial score (nSPS) is 24.8. The summed E-state index contributed by atoms with van der Waals surface area (Å²) in [5.41, 5.74) is 3.14. The highest BCUT2D eigenvalue weighted by molar-refractivity contribution is 5.28. The topological polar surface area (TPSA) is 9.72 Å². The van der Waals surface area contributed by atoms with Crippen LogP contribution in [0, 0.1) is 11.8 Å². The molecular formula is C22H39N3. The van der Waals surface area contributed by atoms with Crippen molar-refractivity contribution in [1.82, 2.24) is 14.7 Å². The second-order valence-electron chi connectivity index (χ2n) is 8.90. The molecule has 2 aliphatic heterocycles. The Morgan fingerprint density at radius 2 is 1.64 bits per heavy atom. The van der Waals surface area contributed by atoms with Crippen molar-refractivity contribution in [2.24, 2.45) is 11.8 Å². The molecule has 0 atom stereocenters. The van der Waals surface area contributed by atoms with Crippen LogP contribution in [-0.4, -0.2) is 66.6 Å². The standard InChI is InChI=1S/C22H39N3/c1-18(2)21-6-5-7-22(16-21)25-14-12-23(13-15-25)17-20-8-10-24(11-9-20)19(3)4/h7,16,18-20H,5-6,8-15,17H2,1-4H3. The lowest BCUT2D eigenvalue weighted by Gasteiger charge is -2.41. The minimum absolute atomic E-state index is 0.696. The van der Waals surface area contributed by atoms with Crippen molar-refractivity contribution in [1.29, 1.82) is 0 Å². The maximum absolute atomic E-state index is 2.72. The molecule has 142 valence electrons. The Kier molecular flexibility index (Phi) is 6.62. The van der Waals surface area contributed by atoms with Crippen LogP contribution in [0.3, 0.4) is 0 Å². The lowest BCUT2D eigenvalue weighted by atomic mass is 9.93. The van der Waals surface area contributed by atoms with E-state index >= 15 is 0 Å². The molecule has 0 amide bonds. The predicted octanol–water partition coefficient (Wildman–Crippen LogP) is 3.98. The van der Waals surface area contributed by atoms with Gasteiger partial charge in [0.1, 0.15) is 0 Å². The van der Waals surface area contributed by atoms with Gasteiger partial charge in [0.15, 0.2) is 0 Å². The number of hydrogen-bond donors (Lipinski definition) is 0. The largest absolute Gasteiger partial charge is 0.369 e. The molecular weight excluding hydrogens is 306 g/mol. The Labute approximate surface area is 155 Å². The first-order chi connectivity index (χ1) is 12.0. The lowest BCUT2D eigenvalue weighted by molar-refractivity contribution is 0.0982. The van der Waals surface area contributed by atoms with Crippen molar-refractivity contribution < 1.29 is 0 Å². The van der Waals surface area contributed by atoms with Crippen molar-refractivity contribution in [3.8, 4) is 0 Å². The number of piperazine rings is 1. The Morgan fingerprint density at radius 3 is 2.24 bits per heavy atom. The minimum Gasteiger partial charge on any atom is -0.369 e. The highest BCUT2D eigenvalue weighted by atomic mass is 15.3. The monoisotopic (exact) mass is 345 g/mol. The van der Waals surface area contributed by atoms with Gasteiger partial charge in [-0.15, -0.1) is 0 Å². The number of piperidine rings is 1. The zero-order chi connectivity index (χ0) is 17.8. The number of likely N-dealkylation sites (tertiary alicyclic amines) is 1. The van der Waals surface area contributed by atoms with Gasteiger partial charge in [0.05, 0.1) is 0 Å². The molecule has 0 radical (unpaired) electrons. The van der Waals surface area contributed by atoms with Gasteiger partial charge in [-0.1, -0.05) is 25.5 Å². The third-order valence-electron chi connectivity index (χ3n) is 6.49. The molecule has 2 heterocycles. The van der Waals surface area contributed by atoms with Crippen LogP contribution in [0.5, 0.6) is 0 Å². The smallest absolute Gasteiger partial charge is 0.0326 e. The quantitative estimate of drug-likeness (QED) is 0.746. The van der Waals surface area contributed by atoms with E-state index in [4.69, 9.17) is 0 Å². The summed E-state index contributed by atoms with van der Waals surface area (Å²) in [6.45, 7) is 18.2. The SMILES string of the molecule is CC(C)C1=CC(N2CCN(CC3CCN(C(C)C)CC3)CC2)=CCC1. The van der Waals surface area contributed by atoms with Crippen molar-refractivity contribution in [2.75, 3.05) is 45.8 Å². The molecule has 0 bridgehead atoms. The van der Waals surface area contributed by atoms with Gasteiger partial charge in [-0.3, -0.25) is 4.90 Å². The predicted molar refractivity (Wildman–Crippen MR) is 108 cm³/mol. The molecule has 1 aliphatic carbocycles. The first-order valence-electron chi connectivity index (χ1n) is 10.6. The van der Waals surface area contributed by atoms with Gasteiger partial charge in [-0.2, -0.15) is 0 Å². The molecule has 3 nitrogen and oxygen atoms in total. The van der Waals surface area contributed by atoms with Crippen LogP contribution < -0.4 is 0 Å². The van der Waals surface area contributed by atoms with Crippen molar-refractivity contribution in [3.63, 3.8) is 0 Å². The van der Waals surface area contributed by atoms with Crippen LogP contribution in [0.15, 0.2) is 23.4 Å². The van der Waals surface area contributed by atoms with E-state index in [1.165, 1.54) is 77.2 Å². The van der Waals surface area contributed by atoms with E-state index in [-0.39, 0.29) is 0 Å². The summed E-state index contributed by atoms with van der Waals surface area (Å²) >= 11 is 0. The van der Waals surface area contributed by atoms with E-state index in [1.54, 1.807) is 5.57 Å². The Balaban J connectivity index is 1.43. The summed E-state index contributed by atoms with van der Waals surface area (Å²) < 4.78 is 0. The molecule has 3 rings (SSSR count). The average molecular weight is 346 g/mol. The van der Waals surface area contributed by atoms with Crippen LogP contribution in [-0.2, 0) is 0 Å². The van der Waals surface area contributed by atoms with E-state index in [0.29, 0.717) is 5.92 Å². The van der Waals surface area contributed by atoms with Crippen molar-refractivity contribution >= 4 is 0 Å². The van der Waals surface area contributed by atoms with Crippen molar-refractivity contribution in [2.45, 2.75) is 59.4 Å². The maximum Gasteiger partial charge on any atom is 0.0326 e. The molecule has 2 saturated heterocycles. The van der Waals surface area contributed by atoms with E-state index in [9.17, 15) is 0 Å². The summed E-state index contributed by atoms with van der Waals surface area (Å²) in [5, 5.41) is 0. The zero-order valence-electron chi connectivity index (χ0n) is 17.0. The summed E-state index contributed by atoms with van der Waals surface area (Å²) in [6, 6.07) is 0.719. The molecule has 0 spiro atoms. The number of allylic oxidation sites excluding steroid dienone is 3. The number of nitrogens with zero attached hydrogens (tertiary/aromatic N) is 3. The molecule has 2 fully saturated rings. The van der Waals surface area contributed by atoms with Crippen molar-refractivity contribution in [3.05, 3.63) is 23.4 Å². The van der Waals surface area contributed by atoms with Gasteiger partial charge in [-0.25, -0.2) is 0 Å². The maximum atomic E-state index is 2.72. The molecule has 0 aromatic carbocycles. The van der Waals surface area contributed by atoms with Gasteiger partial charge in [-0.05, 0) is 70.5 Å². The minimum atomic E-state index is 0.696. The Hall–Kier alpha value is -0.800. The van der Waals surface area contributed by atoms with Crippen LogP contribution in [0.25, 0.3) is 0 Å². The van der Waals surface area contributed by atoms with Gasteiger partial charge < -0.3 is 9.80 Å². The first kappa shape index (κ1) is 19.0. The molecule has 3 aliphatic rings. The molecule has 0 N–H and O–H groups in total. The first-order valence-corrected chi connectivity index (χ1v) is 10.6. The molecule has 0 saturated carbocycles. The fraction of sp³-hybridized carbons (Fsp3) is 0.818. The summed E-state index contributed by atoms with van der Waals surface area (Å²) in [6.07, 6.45) is 10.2. The van der Waals surface area contributed by atoms with Crippen LogP contribution >= 0.6 is 0 Å². The molecule has 3 heteroatoms. The second kappa shape index (κ2) is 8.73. The Morgan fingerprint density at radius 1 is 0.960 bits per heavy atom. The molecule has 0 aromatic rings. The fourth-order valence-corrected chi connectivity index (χ4v) is 4.59. The summed E-state index contributed by atoms with van der Waals surface area (Å²) in [7, 11) is 0. The van der Waals surface area contributed by atoms with E-state index in [1.807, 2.05) is 0 Å². The molecule has 0 unspecified atom stereocenters. The highest BCUT2D eigenvalue weighted by Crippen LogP contribution is 2.26. The van der Waals surface area contributed by atoms with Gasteiger partial charge in [0.25, 0.3) is 0 Å². The van der Waals surface area contributed by atoms with Gasteiger partial charge in [0, 0.05) is 44.5 Å². The van der Waals surface area contributed by atoms with Crippen LogP contribution in [0.1, 0.15) is 53.4 Å². The third-order valence-corrected chi connectivity index (χ3v) is 6.49. The van der Waals surface area contributed by atoms with Gasteiger partial charge in [0.2, 0.25) is 0 Å². The van der Waals surface area contributed by atoms with E-state index in [0.717, 1.165) is 12.0 Å². The van der Waals surface area contributed by atoms with Crippen LogP contribution in [0.4, 0.5) is 0 Å². The second-order valence-corrected chi connectivity index (χ2v) is 8.90. The van der Waals surface area contributed by atoms with E-state index < -0.39 is 0 Å². The third kappa shape index (κ3) is 5.10. The number of hydrogen-bond acceptors (Lipinski definition) is 3. The fourth-order valence-electron chi connectivity index (χ4n) is 4.59. The zero-order valence-corrected chi connectivity index (χ0v) is 17.0. The van der Waals surface area contributed by atoms with Gasteiger partial charge >= 0.3 is 0 Å². The van der Waals surface area contributed by atoms with E-state index in [2.05, 4.69) is 54.5 Å². The Bertz CT molecular complexity index is 476. The average Bonchev–Trinajstić information content (AvgIpc) is 2.63. The lowest BCUT2D eigenvalue weighted by Crippen LogP contribution is -2.48. The molecule has 25 heavy (non-hydrogen) atoms.